The molecule has 0 aliphatic rings. The van der Waals surface area contributed by atoms with E-state index < -0.39 is 0 Å². The van der Waals surface area contributed by atoms with Crippen molar-refractivity contribution < 1.29 is 9.57 Å². The van der Waals surface area contributed by atoms with Crippen molar-refractivity contribution in [3.8, 4) is 17.9 Å². The molecule has 0 saturated heterocycles. The van der Waals surface area contributed by atoms with E-state index in [9.17, 15) is 5.26 Å². The predicted octanol–water partition coefficient (Wildman–Crippen LogP) is 6.08. The summed E-state index contributed by atoms with van der Waals surface area (Å²) in [5.41, 5.74) is 3.55. The Labute approximate surface area is 191 Å². The molecule has 0 N–H and O–H groups in total. The third-order valence-corrected chi connectivity index (χ3v) is 5.34. The SMILES string of the molecule is N#Cc1ccccc1CO/N=C\c1cc(Br)c(OCc2ccccc2C#N)c(Br)c1. The molecular formula is C23H15Br2N3O2. The van der Waals surface area contributed by atoms with E-state index in [-0.39, 0.29) is 13.2 Å². The topological polar surface area (TPSA) is 78.4 Å². The van der Waals surface area contributed by atoms with Crippen molar-refractivity contribution in [2.75, 3.05) is 0 Å². The zero-order valence-electron chi connectivity index (χ0n) is 15.7. The molecule has 0 aliphatic heterocycles. The number of nitriles is 2. The number of oxime groups is 1. The molecule has 0 atom stereocenters. The van der Waals surface area contributed by atoms with Gasteiger partial charge in [-0.3, -0.25) is 0 Å². The van der Waals surface area contributed by atoms with Crippen LogP contribution in [-0.4, -0.2) is 6.21 Å². The predicted molar refractivity (Wildman–Crippen MR) is 121 cm³/mol. The second-order valence-electron chi connectivity index (χ2n) is 6.15. The summed E-state index contributed by atoms with van der Waals surface area (Å²) in [5.74, 6) is 0.628. The van der Waals surface area contributed by atoms with E-state index >= 15 is 0 Å². The van der Waals surface area contributed by atoms with Crippen LogP contribution in [0.25, 0.3) is 0 Å². The van der Waals surface area contributed by atoms with Crippen molar-refractivity contribution >= 4 is 38.1 Å². The highest BCUT2D eigenvalue weighted by atomic mass is 79.9. The first-order valence-electron chi connectivity index (χ1n) is 8.85. The number of hydrogen-bond donors (Lipinski definition) is 0. The van der Waals surface area contributed by atoms with E-state index in [1.165, 1.54) is 0 Å². The Morgan fingerprint density at radius 1 is 0.833 bits per heavy atom. The van der Waals surface area contributed by atoms with Gasteiger partial charge in [-0.1, -0.05) is 41.6 Å². The van der Waals surface area contributed by atoms with Crippen LogP contribution in [0.5, 0.6) is 5.75 Å². The zero-order valence-corrected chi connectivity index (χ0v) is 18.9. The molecular weight excluding hydrogens is 510 g/mol. The highest BCUT2D eigenvalue weighted by Crippen LogP contribution is 2.35. The molecule has 7 heteroatoms. The Bertz CT molecular complexity index is 1140. The maximum absolute atomic E-state index is 9.20. The van der Waals surface area contributed by atoms with E-state index in [1.807, 2.05) is 48.5 Å². The smallest absolute Gasteiger partial charge is 0.148 e. The zero-order chi connectivity index (χ0) is 21.3. The van der Waals surface area contributed by atoms with E-state index in [4.69, 9.17) is 14.8 Å². The lowest BCUT2D eigenvalue weighted by Crippen LogP contribution is -2.00. The fourth-order valence-corrected chi connectivity index (χ4v) is 4.11. The molecule has 3 aromatic carbocycles. The molecule has 30 heavy (non-hydrogen) atoms. The van der Waals surface area contributed by atoms with Crippen molar-refractivity contribution in [2.45, 2.75) is 13.2 Å². The van der Waals surface area contributed by atoms with Crippen LogP contribution in [0.2, 0.25) is 0 Å². The standard InChI is InChI=1S/C23H15Br2N3O2/c24-21-9-16(13-28-30-15-20-8-4-2-6-18(20)12-27)10-22(25)23(21)29-14-19-7-3-1-5-17(19)11-26/h1-10,13H,14-15H2/b28-13-. The summed E-state index contributed by atoms with van der Waals surface area (Å²) < 4.78 is 7.39. The minimum atomic E-state index is 0.210. The van der Waals surface area contributed by atoms with Crippen molar-refractivity contribution in [2.24, 2.45) is 5.16 Å². The van der Waals surface area contributed by atoms with E-state index in [0.29, 0.717) is 16.9 Å². The molecule has 148 valence electrons. The summed E-state index contributed by atoms with van der Waals surface area (Å²) in [6.45, 7) is 0.484. The van der Waals surface area contributed by atoms with Crippen molar-refractivity contribution in [1.82, 2.24) is 0 Å². The number of rotatable bonds is 7. The van der Waals surface area contributed by atoms with Crippen LogP contribution in [0.15, 0.2) is 74.8 Å². The molecule has 0 radical (unpaired) electrons. The summed E-state index contributed by atoms with van der Waals surface area (Å²) in [5, 5.41) is 22.3. The molecule has 0 aliphatic carbocycles. The number of hydrogen-bond acceptors (Lipinski definition) is 5. The van der Waals surface area contributed by atoms with Gasteiger partial charge in [0.2, 0.25) is 0 Å². The minimum absolute atomic E-state index is 0.210. The summed E-state index contributed by atoms with van der Waals surface area (Å²) in [7, 11) is 0. The van der Waals surface area contributed by atoms with E-state index in [1.54, 1.807) is 18.3 Å². The molecule has 0 fully saturated rings. The normalized spacial score (nSPS) is 10.4. The molecule has 3 rings (SSSR count). The Morgan fingerprint density at radius 3 is 1.93 bits per heavy atom. The highest BCUT2D eigenvalue weighted by Gasteiger charge is 2.10. The van der Waals surface area contributed by atoms with Gasteiger partial charge in [0.25, 0.3) is 0 Å². The molecule has 0 unspecified atom stereocenters. The highest BCUT2D eigenvalue weighted by molar-refractivity contribution is 9.11. The maximum atomic E-state index is 9.20. The number of ether oxygens (including phenoxy) is 1. The van der Waals surface area contributed by atoms with Gasteiger partial charge in [-0.05, 0) is 61.7 Å². The average Bonchev–Trinajstić information content (AvgIpc) is 2.76. The van der Waals surface area contributed by atoms with Gasteiger partial charge in [-0.2, -0.15) is 10.5 Å². The summed E-state index contributed by atoms with van der Waals surface area (Å²) >= 11 is 7.03. The van der Waals surface area contributed by atoms with Crippen molar-refractivity contribution in [3.63, 3.8) is 0 Å². The Balaban J connectivity index is 1.65. The van der Waals surface area contributed by atoms with Gasteiger partial charge >= 0.3 is 0 Å². The van der Waals surface area contributed by atoms with Gasteiger partial charge in [0, 0.05) is 11.1 Å². The largest absolute Gasteiger partial charge is 0.486 e. The molecule has 0 aromatic heterocycles. The summed E-state index contributed by atoms with van der Waals surface area (Å²) in [4.78, 5) is 5.33. The fraction of sp³-hybridized carbons (Fsp3) is 0.0870. The third-order valence-electron chi connectivity index (χ3n) is 4.16. The van der Waals surface area contributed by atoms with Crippen LogP contribution < -0.4 is 4.74 Å². The van der Waals surface area contributed by atoms with Gasteiger partial charge in [-0.25, -0.2) is 0 Å². The van der Waals surface area contributed by atoms with Crippen LogP contribution in [-0.2, 0) is 18.1 Å². The summed E-state index contributed by atoms with van der Waals surface area (Å²) in [6, 6.07) is 22.6. The fourth-order valence-electron chi connectivity index (χ4n) is 2.66. The first-order chi connectivity index (χ1) is 14.6. The minimum Gasteiger partial charge on any atom is -0.486 e. The molecule has 0 heterocycles. The number of halogens is 2. The monoisotopic (exact) mass is 523 g/mol. The van der Waals surface area contributed by atoms with Gasteiger partial charge in [0.1, 0.15) is 19.0 Å². The van der Waals surface area contributed by atoms with E-state index in [2.05, 4.69) is 49.2 Å². The van der Waals surface area contributed by atoms with E-state index in [0.717, 1.165) is 25.6 Å². The van der Waals surface area contributed by atoms with Gasteiger partial charge in [-0.15, -0.1) is 0 Å². The second-order valence-corrected chi connectivity index (χ2v) is 7.86. The Morgan fingerprint density at radius 2 is 1.37 bits per heavy atom. The first kappa shape index (κ1) is 21.6. The van der Waals surface area contributed by atoms with Crippen LogP contribution in [0, 0.1) is 22.7 Å². The maximum Gasteiger partial charge on any atom is 0.148 e. The van der Waals surface area contributed by atoms with Gasteiger partial charge < -0.3 is 9.57 Å². The van der Waals surface area contributed by atoms with Gasteiger partial charge in [0.05, 0.1) is 38.4 Å². The third kappa shape index (κ3) is 5.48. The van der Waals surface area contributed by atoms with Crippen LogP contribution >= 0.6 is 31.9 Å². The molecule has 5 nitrogen and oxygen atoms in total. The second kappa shape index (κ2) is 10.6. The summed E-state index contributed by atoms with van der Waals surface area (Å²) in [6.07, 6.45) is 1.58. The Kier molecular flexibility index (Phi) is 7.62. The van der Waals surface area contributed by atoms with Crippen LogP contribution in [0.3, 0.4) is 0 Å². The average molecular weight is 525 g/mol. The van der Waals surface area contributed by atoms with Crippen molar-refractivity contribution in [3.05, 3.63) is 97.4 Å². The lowest BCUT2D eigenvalue weighted by molar-refractivity contribution is 0.132. The number of nitrogens with zero attached hydrogens (tertiary/aromatic N) is 3. The molecule has 0 amide bonds. The quantitative estimate of drug-likeness (QED) is 0.277. The molecule has 0 saturated carbocycles. The lowest BCUT2D eigenvalue weighted by Gasteiger charge is -2.12. The first-order valence-corrected chi connectivity index (χ1v) is 10.4. The molecule has 0 bridgehead atoms. The lowest BCUT2D eigenvalue weighted by atomic mass is 10.1. The molecule has 0 spiro atoms. The Hall–Kier alpha value is -3.13. The number of benzene rings is 3. The van der Waals surface area contributed by atoms with Crippen molar-refractivity contribution in [1.29, 1.82) is 10.5 Å². The molecule has 3 aromatic rings. The van der Waals surface area contributed by atoms with Crippen LogP contribution in [0.1, 0.15) is 27.8 Å². The van der Waals surface area contributed by atoms with Crippen LogP contribution in [0.4, 0.5) is 0 Å². The van der Waals surface area contributed by atoms with Gasteiger partial charge in [0.15, 0.2) is 0 Å².